The molecule has 0 aliphatic carbocycles. The van der Waals surface area contributed by atoms with Crippen molar-refractivity contribution in [3.63, 3.8) is 0 Å². The van der Waals surface area contributed by atoms with Crippen LogP contribution in [0.5, 0.6) is 0 Å². The third kappa shape index (κ3) is 4.65. The van der Waals surface area contributed by atoms with Crippen molar-refractivity contribution >= 4 is 34.4 Å². The minimum absolute atomic E-state index is 0.0629. The average molecular weight is 385 g/mol. The Balaban J connectivity index is 1.71. The van der Waals surface area contributed by atoms with Crippen molar-refractivity contribution in [1.29, 1.82) is 0 Å². The molecule has 3 aromatic rings. The summed E-state index contributed by atoms with van der Waals surface area (Å²) < 4.78 is 1.90. The number of benzene rings is 2. The second kappa shape index (κ2) is 8.68. The fourth-order valence-electron chi connectivity index (χ4n) is 2.88. The molecule has 0 atom stereocenters. The van der Waals surface area contributed by atoms with Crippen molar-refractivity contribution in [2.24, 2.45) is 0 Å². The Labute approximate surface area is 162 Å². The van der Waals surface area contributed by atoms with Gasteiger partial charge in [0.25, 0.3) is 5.91 Å². The molecule has 2 N–H and O–H groups in total. The summed E-state index contributed by atoms with van der Waals surface area (Å²) in [6.45, 7) is 3.09. The number of carbonyl (C=O) groups excluding carboxylic acids is 2. The number of nitrogens with one attached hydrogen (secondary N) is 2. The highest BCUT2D eigenvalue weighted by molar-refractivity contribution is 6.30. The molecule has 0 unspecified atom stereocenters. The lowest BCUT2D eigenvalue weighted by atomic mass is 10.2. The van der Waals surface area contributed by atoms with E-state index in [1.807, 2.05) is 35.8 Å². The van der Waals surface area contributed by atoms with Crippen LogP contribution >= 0.6 is 11.6 Å². The molecule has 27 heavy (non-hydrogen) atoms. The lowest BCUT2D eigenvalue weighted by Gasteiger charge is -2.10. The maximum Gasteiger partial charge on any atom is 0.251 e. The quantitative estimate of drug-likeness (QED) is 0.657. The van der Waals surface area contributed by atoms with E-state index in [0.29, 0.717) is 30.1 Å². The van der Waals surface area contributed by atoms with Gasteiger partial charge in [-0.2, -0.15) is 0 Å². The number of para-hydroxylation sites is 2. The van der Waals surface area contributed by atoms with Crippen molar-refractivity contribution < 1.29 is 9.59 Å². The van der Waals surface area contributed by atoms with Crippen molar-refractivity contribution in [1.82, 2.24) is 20.2 Å². The number of carbonyl (C=O) groups is 2. The molecule has 0 fully saturated rings. The fourth-order valence-corrected chi connectivity index (χ4v) is 3.01. The van der Waals surface area contributed by atoms with E-state index in [9.17, 15) is 9.59 Å². The lowest BCUT2D eigenvalue weighted by Crippen LogP contribution is -2.29. The molecular formula is C20H21ClN4O2. The molecule has 0 bridgehead atoms. The molecule has 1 heterocycles. The first-order chi connectivity index (χ1) is 13.1. The number of amides is 2. The SMILES string of the molecule is CCNC(=O)Cn1c(CCNC(=O)c2ccc(Cl)cc2)nc2ccccc21. The number of hydrogen-bond acceptors (Lipinski definition) is 3. The molecule has 0 saturated carbocycles. The zero-order valence-electron chi connectivity index (χ0n) is 15.0. The monoisotopic (exact) mass is 384 g/mol. The van der Waals surface area contributed by atoms with Gasteiger partial charge in [-0.1, -0.05) is 23.7 Å². The van der Waals surface area contributed by atoms with E-state index in [2.05, 4.69) is 15.6 Å². The lowest BCUT2D eigenvalue weighted by molar-refractivity contribution is -0.121. The van der Waals surface area contributed by atoms with Crippen LogP contribution in [-0.4, -0.2) is 34.5 Å². The van der Waals surface area contributed by atoms with Gasteiger partial charge in [0.15, 0.2) is 0 Å². The molecule has 2 aromatic carbocycles. The Hall–Kier alpha value is -2.86. The Morgan fingerprint density at radius 1 is 1.07 bits per heavy atom. The average Bonchev–Trinajstić information content (AvgIpc) is 3.00. The van der Waals surface area contributed by atoms with Gasteiger partial charge in [0.05, 0.1) is 11.0 Å². The summed E-state index contributed by atoms with van der Waals surface area (Å²) in [6, 6.07) is 14.4. The van der Waals surface area contributed by atoms with Crippen LogP contribution in [0.25, 0.3) is 11.0 Å². The fraction of sp³-hybridized carbons (Fsp3) is 0.250. The van der Waals surface area contributed by atoms with Gasteiger partial charge in [-0.25, -0.2) is 4.98 Å². The number of fused-ring (bicyclic) bond motifs is 1. The Morgan fingerprint density at radius 3 is 2.56 bits per heavy atom. The first-order valence-corrected chi connectivity index (χ1v) is 9.21. The van der Waals surface area contributed by atoms with Gasteiger partial charge in [0.1, 0.15) is 12.4 Å². The second-order valence-electron chi connectivity index (χ2n) is 6.07. The number of imidazole rings is 1. The van der Waals surface area contributed by atoms with Crippen LogP contribution in [0.1, 0.15) is 23.1 Å². The number of rotatable bonds is 7. The van der Waals surface area contributed by atoms with Gasteiger partial charge in [-0.15, -0.1) is 0 Å². The van der Waals surface area contributed by atoms with Crippen LogP contribution in [0.3, 0.4) is 0 Å². The van der Waals surface area contributed by atoms with Gasteiger partial charge in [0.2, 0.25) is 5.91 Å². The molecule has 7 heteroatoms. The molecule has 0 aliphatic heterocycles. The highest BCUT2D eigenvalue weighted by atomic mass is 35.5. The molecule has 6 nitrogen and oxygen atoms in total. The summed E-state index contributed by atoms with van der Waals surface area (Å²) in [5.41, 5.74) is 2.29. The van der Waals surface area contributed by atoms with Crippen molar-refractivity contribution in [3.05, 3.63) is 64.9 Å². The smallest absolute Gasteiger partial charge is 0.251 e. The normalized spacial score (nSPS) is 10.7. The van der Waals surface area contributed by atoms with Crippen LogP contribution in [0.2, 0.25) is 5.02 Å². The van der Waals surface area contributed by atoms with Crippen LogP contribution < -0.4 is 10.6 Å². The van der Waals surface area contributed by atoms with Crippen molar-refractivity contribution in [3.8, 4) is 0 Å². The molecular weight excluding hydrogens is 364 g/mol. The number of likely N-dealkylation sites (N-methyl/N-ethyl adjacent to an activating group) is 1. The van der Waals surface area contributed by atoms with E-state index < -0.39 is 0 Å². The number of nitrogens with zero attached hydrogens (tertiary/aromatic N) is 2. The topological polar surface area (TPSA) is 76.0 Å². The molecule has 2 amide bonds. The maximum atomic E-state index is 12.2. The first kappa shape index (κ1) is 18.9. The third-order valence-electron chi connectivity index (χ3n) is 4.15. The van der Waals surface area contributed by atoms with E-state index in [1.165, 1.54) is 0 Å². The van der Waals surface area contributed by atoms with Crippen LogP contribution in [-0.2, 0) is 17.8 Å². The summed E-state index contributed by atoms with van der Waals surface area (Å²) in [7, 11) is 0. The maximum absolute atomic E-state index is 12.2. The van der Waals surface area contributed by atoms with E-state index in [0.717, 1.165) is 16.9 Å². The molecule has 140 valence electrons. The summed E-state index contributed by atoms with van der Waals surface area (Å²) in [4.78, 5) is 28.9. The van der Waals surface area contributed by atoms with E-state index in [-0.39, 0.29) is 18.4 Å². The molecule has 1 aromatic heterocycles. The Kier molecular flexibility index (Phi) is 6.08. The minimum Gasteiger partial charge on any atom is -0.355 e. The predicted octanol–water partition coefficient (Wildman–Crippen LogP) is 2.80. The number of halogens is 1. The van der Waals surface area contributed by atoms with E-state index in [4.69, 9.17) is 11.6 Å². The highest BCUT2D eigenvalue weighted by Crippen LogP contribution is 2.16. The zero-order chi connectivity index (χ0) is 19.2. The van der Waals surface area contributed by atoms with Gasteiger partial charge in [0, 0.05) is 30.1 Å². The largest absolute Gasteiger partial charge is 0.355 e. The molecule has 0 aliphatic rings. The predicted molar refractivity (Wildman–Crippen MR) is 106 cm³/mol. The summed E-state index contributed by atoms with van der Waals surface area (Å²) in [5, 5.41) is 6.28. The number of hydrogen-bond donors (Lipinski definition) is 2. The summed E-state index contributed by atoms with van der Waals surface area (Å²) in [5.74, 6) is 0.531. The molecule has 3 rings (SSSR count). The van der Waals surface area contributed by atoms with Gasteiger partial charge in [-0.3, -0.25) is 9.59 Å². The van der Waals surface area contributed by atoms with Gasteiger partial charge in [-0.05, 0) is 43.3 Å². The Morgan fingerprint density at radius 2 is 1.81 bits per heavy atom. The first-order valence-electron chi connectivity index (χ1n) is 8.83. The van der Waals surface area contributed by atoms with E-state index in [1.54, 1.807) is 24.3 Å². The van der Waals surface area contributed by atoms with Gasteiger partial charge >= 0.3 is 0 Å². The molecule has 0 saturated heterocycles. The van der Waals surface area contributed by atoms with Crippen molar-refractivity contribution in [2.45, 2.75) is 19.9 Å². The van der Waals surface area contributed by atoms with Crippen LogP contribution in [0, 0.1) is 0 Å². The molecule has 0 spiro atoms. The summed E-state index contributed by atoms with van der Waals surface area (Å²) >= 11 is 5.85. The highest BCUT2D eigenvalue weighted by Gasteiger charge is 2.13. The third-order valence-corrected chi connectivity index (χ3v) is 4.40. The van der Waals surface area contributed by atoms with Crippen molar-refractivity contribution in [2.75, 3.05) is 13.1 Å². The summed E-state index contributed by atoms with van der Waals surface area (Å²) in [6.07, 6.45) is 0.521. The molecule has 0 radical (unpaired) electrons. The van der Waals surface area contributed by atoms with E-state index >= 15 is 0 Å². The minimum atomic E-state index is -0.168. The number of aromatic nitrogens is 2. The zero-order valence-corrected chi connectivity index (χ0v) is 15.8. The van der Waals surface area contributed by atoms with Crippen LogP contribution in [0.15, 0.2) is 48.5 Å². The standard InChI is InChI=1S/C20H21ClN4O2/c1-2-22-19(26)13-25-17-6-4-3-5-16(17)24-18(25)11-12-23-20(27)14-7-9-15(21)10-8-14/h3-10H,2,11-13H2,1H3,(H,22,26)(H,23,27). The Bertz CT molecular complexity index is 950. The second-order valence-corrected chi connectivity index (χ2v) is 6.51. The van der Waals surface area contributed by atoms with Crippen LogP contribution in [0.4, 0.5) is 0 Å². The van der Waals surface area contributed by atoms with Gasteiger partial charge < -0.3 is 15.2 Å².